The van der Waals surface area contributed by atoms with Crippen molar-refractivity contribution < 1.29 is 53.3 Å². The molecule has 2 aromatic rings. The SMILES string of the molecule is CCCCC[C@@H](C(=O)NCNC(=O)c1ccc(-c2ccc(C(=O)N[C@H](CC(=O)O)C(=O)O)c(OCC)c2)o1)[C@@H](CC)C(=O)NO. The molecule has 246 valence electrons. The van der Waals surface area contributed by atoms with Gasteiger partial charge in [-0.25, -0.2) is 10.3 Å². The molecule has 0 saturated heterocycles. The quantitative estimate of drug-likeness (QED) is 0.0514. The average Bonchev–Trinajstić information content (AvgIpc) is 3.50. The van der Waals surface area contributed by atoms with Crippen LogP contribution in [0.15, 0.2) is 34.7 Å². The highest BCUT2D eigenvalue weighted by molar-refractivity contribution is 6.00. The summed E-state index contributed by atoms with van der Waals surface area (Å²) in [7, 11) is 0. The van der Waals surface area contributed by atoms with E-state index in [2.05, 4.69) is 16.0 Å². The summed E-state index contributed by atoms with van der Waals surface area (Å²) in [4.78, 5) is 72.9. The molecule has 1 aromatic heterocycles. The van der Waals surface area contributed by atoms with Crippen LogP contribution in [-0.4, -0.2) is 70.3 Å². The number of hydroxylamine groups is 1. The molecule has 3 atom stereocenters. The van der Waals surface area contributed by atoms with Crippen LogP contribution in [0.1, 0.15) is 80.2 Å². The first-order chi connectivity index (χ1) is 21.5. The Bertz CT molecular complexity index is 1360. The summed E-state index contributed by atoms with van der Waals surface area (Å²) in [6.45, 7) is 5.34. The van der Waals surface area contributed by atoms with Crippen LogP contribution in [0, 0.1) is 11.8 Å². The highest BCUT2D eigenvalue weighted by atomic mass is 16.5. The molecule has 1 aromatic carbocycles. The fourth-order valence-corrected chi connectivity index (χ4v) is 4.66. The number of furan rings is 1. The van der Waals surface area contributed by atoms with Gasteiger partial charge in [0.05, 0.1) is 31.2 Å². The molecule has 45 heavy (non-hydrogen) atoms. The number of carboxylic acid groups (broad SMARTS) is 2. The third-order valence-electron chi connectivity index (χ3n) is 6.96. The zero-order chi connectivity index (χ0) is 33.5. The van der Waals surface area contributed by atoms with E-state index < -0.39 is 59.9 Å². The van der Waals surface area contributed by atoms with E-state index in [1.807, 2.05) is 6.92 Å². The third kappa shape index (κ3) is 10.6. The third-order valence-corrected chi connectivity index (χ3v) is 6.96. The number of nitrogens with one attached hydrogen (secondary N) is 4. The summed E-state index contributed by atoms with van der Waals surface area (Å²) < 4.78 is 11.2. The Morgan fingerprint density at radius 1 is 0.889 bits per heavy atom. The summed E-state index contributed by atoms with van der Waals surface area (Å²) in [5.41, 5.74) is 2.01. The van der Waals surface area contributed by atoms with Crippen molar-refractivity contribution in [2.24, 2.45) is 11.8 Å². The number of carbonyl (C=O) groups excluding carboxylic acids is 4. The molecule has 4 amide bonds. The number of hydrogen-bond donors (Lipinski definition) is 7. The lowest BCUT2D eigenvalue weighted by molar-refractivity contribution is -0.145. The number of benzene rings is 1. The highest BCUT2D eigenvalue weighted by Crippen LogP contribution is 2.29. The molecular formula is C30H40N4O11. The molecule has 0 unspecified atom stereocenters. The van der Waals surface area contributed by atoms with Gasteiger partial charge in [-0.15, -0.1) is 0 Å². The standard InChI is InChI=1S/C30H40N4O11/c1-4-7-8-9-19(18(5-2)28(39)34-43)26(37)31-16-32-29(40)23-13-12-22(45-23)17-10-11-20(24(14-17)44-6-3)27(38)33-21(30(41)42)15-25(35)36/h10-14,18-19,21,43H,4-9,15-16H2,1-3H3,(H,31,37)(H,32,40)(H,33,38)(H,34,39)(H,35,36)(H,41,42)/t18-,19-,21-/m1/s1. The van der Waals surface area contributed by atoms with E-state index >= 15 is 0 Å². The van der Waals surface area contributed by atoms with E-state index in [0.717, 1.165) is 19.3 Å². The first-order valence-corrected chi connectivity index (χ1v) is 14.6. The Hall–Kier alpha value is -4.92. The molecule has 0 aliphatic heterocycles. The van der Waals surface area contributed by atoms with Crippen LogP contribution >= 0.6 is 0 Å². The van der Waals surface area contributed by atoms with Gasteiger partial charge in [-0.2, -0.15) is 0 Å². The maximum atomic E-state index is 12.9. The fourth-order valence-electron chi connectivity index (χ4n) is 4.66. The lowest BCUT2D eigenvalue weighted by atomic mass is 9.84. The van der Waals surface area contributed by atoms with Crippen molar-refractivity contribution in [3.8, 4) is 17.1 Å². The van der Waals surface area contributed by atoms with Gasteiger partial charge in [-0.3, -0.25) is 29.2 Å². The fraction of sp³-hybridized carbons (Fsp3) is 0.467. The van der Waals surface area contributed by atoms with Crippen LogP contribution in [0.4, 0.5) is 0 Å². The molecule has 2 rings (SSSR count). The van der Waals surface area contributed by atoms with E-state index in [0.29, 0.717) is 18.4 Å². The largest absolute Gasteiger partial charge is 0.493 e. The van der Waals surface area contributed by atoms with E-state index in [1.54, 1.807) is 19.3 Å². The minimum Gasteiger partial charge on any atom is -0.493 e. The van der Waals surface area contributed by atoms with Crippen LogP contribution in [-0.2, 0) is 19.2 Å². The summed E-state index contributed by atoms with van der Waals surface area (Å²) in [5.74, 6) is -6.68. The lowest BCUT2D eigenvalue weighted by Gasteiger charge is -2.24. The minimum atomic E-state index is -1.65. The molecule has 0 radical (unpaired) electrons. The van der Waals surface area contributed by atoms with Crippen molar-refractivity contribution in [3.63, 3.8) is 0 Å². The van der Waals surface area contributed by atoms with Gasteiger partial charge in [-0.1, -0.05) is 39.2 Å². The Morgan fingerprint density at radius 3 is 2.22 bits per heavy atom. The molecule has 7 N–H and O–H groups in total. The van der Waals surface area contributed by atoms with Crippen LogP contribution in [0.25, 0.3) is 11.3 Å². The zero-order valence-corrected chi connectivity index (χ0v) is 25.4. The number of rotatable bonds is 19. The van der Waals surface area contributed by atoms with Crippen LogP contribution in [0.2, 0.25) is 0 Å². The molecule has 0 bridgehead atoms. The smallest absolute Gasteiger partial charge is 0.326 e. The minimum absolute atomic E-state index is 0.0349. The second kappa shape index (κ2) is 18.0. The average molecular weight is 633 g/mol. The van der Waals surface area contributed by atoms with Gasteiger partial charge < -0.3 is 35.3 Å². The summed E-state index contributed by atoms with van der Waals surface area (Å²) >= 11 is 0. The Balaban J connectivity index is 2.11. The van der Waals surface area contributed by atoms with Crippen molar-refractivity contribution in [1.29, 1.82) is 0 Å². The molecule has 0 aliphatic rings. The monoisotopic (exact) mass is 632 g/mol. The number of unbranched alkanes of at least 4 members (excludes halogenated alkanes) is 2. The number of aliphatic carboxylic acids is 2. The molecule has 0 aliphatic carbocycles. The second-order valence-electron chi connectivity index (χ2n) is 10.1. The van der Waals surface area contributed by atoms with Crippen LogP contribution in [0.3, 0.4) is 0 Å². The molecular weight excluding hydrogens is 592 g/mol. The number of carbonyl (C=O) groups is 6. The number of ether oxygens (including phenoxy) is 1. The van der Waals surface area contributed by atoms with Crippen LogP contribution in [0.5, 0.6) is 5.75 Å². The normalized spacial score (nSPS) is 12.7. The Labute approximate surface area is 259 Å². The molecule has 0 saturated carbocycles. The summed E-state index contributed by atoms with van der Waals surface area (Å²) in [6, 6.07) is 5.55. The van der Waals surface area contributed by atoms with Gasteiger partial charge in [0.1, 0.15) is 17.6 Å². The molecule has 1 heterocycles. The summed E-state index contributed by atoms with van der Waals surface area (Å²) in [6.07, 6.45) is 2.47. The van der Waals surface area contributed by atoms with E-state index in [-0.39, 0.29) is 36.1 Å². The van der Waals surface area contributed by atoms with Gasteiger partial charge in [-0.05, 0) is 44.0 Å². The lowest BCUT2D eigenvalue weighted by Crippen LogP contribution is -2.44. The topological polar surface area (TPSA) is 234 Å². The van der Waals surface area contributed by atoms with Gasteiger partial charge in [0.2, 0.25) is 11.8 Å². The first kappa shape index (κ1) is 36.3. The number of amides is 4. The Morgan fingerprint density at radius 2 is 1.62 bits per heavy atom. The van der Waals surface area contributed by atoms with E-state index in [4.69, 9.17) is 19.5 Å². The van der Waals surface area contributed by atoms with Gasteiger partial charge in [0.15, 0.2) is 5.76 Å². The molecule has 0 spiro atoms. The van der Waals surface area contributed by atoms with Crippen molar-refractivity contribution in [2.45, 2.75) is 65.3 Å². The van der Waals surface area contributed by atoms with Crippen molar-refractivity contribution in [1.82, 2.24) is 21.4 Å². The van der Waals surface area contributed by atoms with E-state index in [9.17, 15) is 33.9 Å². The van der Waals surface area contributed by atoms with Gasteiger partial charge in [0.25, 0.3) is 11.8 Å². The molecule has 0 fully saturated rings. The maximum Gasteiger partial charge on any atom is 0.326 e. The second-order valence-corrected chi connectivity index (χ2v) is 10.1. The van der Waals surface area contributed by atoms with E-state index in [1.165, 1.54) is 30.3 Å². The van der Waals surface area contributed by atoms with Crippen molar-refractivity contribution in [2.75, 3.05) is 13.3 Å². The maximum absolute atomic E-state index is 12.9. The molecule has 15 heteroatoms. The van der Waals surface area contributed by atoms with Crippen molar-refractivity contribution >= 4 is 35.6 Å². The van der Waals surface area contributed by atoms with Crippen molar-refractivity contribution in [3.05, 3.63) is 41.7 Å². The highest BCUT2D eigenvalue weighted by Gasteiger charge is 2.32. The van der Waals surface area contributed by atoms with Gasteiger partial charge in [0, 0.05) is 11.5 Å². The zero-order valence-electron chi connectivity index (χ0n) is 25.4. The van der Waals surface area contributed by atoms with Gasteiger partial charge >= 0.3 is 11.9 Å². The Kier molecular flexibility index (Phi) is 14.5. The predicted octanol–water partition coefficient (Wildman–Crippen LogP) is 2.53. The number of carboxylic acids is 2. The first-order valence-electron chi connectivity index (χ1n) is 14.6. The molecule has 15 nitrogen and oxygen atoms in total. The summed E-state index contributed by atoms with van der Waals surface area (Å²) in [5, 5.41) is 34.6. The number of hydrogen-bond acceptors (Lipinski definition) is 9. The van der Waals surface area contributed by atoms with Crippen LogP contribution < -0.4 is 26.2 Å². The predicted molar refractivity (Wildman–Crippen MR) is 158 cm³/mol.